The Morgan fingerprint density at radius 1 is 1.12 bits per heavy atom. The van der Waals surface area contributed by atoms with Gasteiger partial charge in [-0.25, -0.2) is 13.1 Å². The van der Waals surface area contributed by atoms with E-state index in [1.807, 2.05) is 0 Å². The Balaban J connectivity index is 2.49. The Labute approximate surface area is 142 Å². The van der Waals surface area contributed by atoms with Crippen molar-refractivity contribution < 1.29 is 23.1 Å². The first kappa shape index (κ1) is 20.1. The zero-order valence-corrected chi connectivity index (χ0v) is 14.7. The molecular formula is C16H24N2O5S. The van der Waals surface area contributed by atoms with E-state index in [1.165, 1.54) is 12.1 Å². The lowest BCUT2D eigenvalue weighted by Gasteiger charge is -2.26. The first-order valence-electron chi connectivity index (χ1n) is 7.82. The number of carbonyl (C=O) groups excluding carboxylic acids is 1. The Hall–Kier alpha value is -1.93. The molecule has 0 heterocycles. The van der Waals surface area contributed by atoms with Crippen LogP contribution in [-0.2, 0) is 19.6 Å². The highest BCUT2D eigenvalue weighted by atomic mass is 32.2. The van der Waals surface area contributed by atoms with E-state index >= 15 is 0 Å². The molecule has 0 bridgehead atoms. The van der Waals surface area contributed by atoms with E-state index in [2.05, 4.69) is 10.0 Å². The minimum absolute atomic E-state index is 0.0274. The molecule has 1 amide bonds. The third-order valence-corrected chi connectivity index (χ3v) is 5.61. The van der Waals surface area contributed by atoms with Gasteiger partial charge in [0.2, 0.25) is 15.9 Å². The van der Waals surface area contributed by atoms with Crippen LogP contribution in [0.1, 0.15) is 33.1 Å². The molecule has 0 aliphatic carbocycles. The number of aliphatic carboxylic acids is 1. The zero-order chi connectivity index (χ0) is 18.2. The quantitative estimate of drug-likeness (QED) is 0.586. The van der Waals surface area contributed by atoms with Crippen molar-refractivity contribution in [1.29, 1.82) is 0 Å². The van der Waals surface area contributed by atoms with Crippen LogP contribution in [0.2, 0.25) is 0 Å². The number of rotatable bonds is 10. The van der Waals surface area contributed by atoms with E-state index in [1.54, 1.807) is 32.0 Å². The van der Waals surface area contributed by atoms with Gasteiger partial charge in [-0.1, -0.05) is 32.0 Å². The van der Waals surface area contributed by atoms with Gasteiger partial charge in [-0.15, -0.1) is 0 Å². The number of amides is 1. The van der Waals surface area contributed by atoms with Crippen molar-refractivity contribution in [3.8, 4) is 0 Å². The first-order chi connectivity index (χ1) is 11.3. The molecule has 134 valence electrons. The maximum absolute atomic E-state index is 12.0. The van der Waals surface area contributed by atoms with Crippen molar-refractivity contribution in [2.75, 3.05) is 13.1 Å². The van der Waals surface area contributed by atoms with Crippen molar-refractivity contribution in [3.05, 3.63) is 30.3 Å². The van der Waals surface area contributed by atoms with Gasteiger partial charge in [0.15, 0.2) is 0 Å². The van der Waals surface area contributed by atoms with Crippen molar-refractivity contribution in [1.82, 2.24) is 10.0 Å². The molecule has 0 atom stereocenters. The minimum atomic E-state index is -3.65. The monoisotopic (exact) mass is 356 g/mol. The molecule has 3 N–H and O–H groups in total. The molecule has 0 spiro atoms. The molecule has 0 radical (unpaired) electrons. The lowest BCUT2D eigenvalue weighted by molar-refractivity contribution is -0.149. The number of carbonyl (C=O) groups is 2. The van der Waals surface area contributed by atoms with Gasteiger partial charge < -0.3 is 10.4 Å². The van der Waals surface area contributed by atoms with Gasteiger partial charge in [-0.3, -0.25) is 9.59 Å². The number of carboxylic acids is 1. The van der Waals surface area contributed by atoms with Crippen LogP contribution in [0.15, 0.2) is 35.2 Å². The third-order valence-electron chi connectivity index (χ3n) is 4.13. The summed E-state index contributed by atoms with van der Waals surface area (Å²) < 4.78 is 26.3. The predicted molar refractivity (Wildman–Crippen MR) is 89.9 cm³/mol. The second-order valence-electron chi connectivity index (χ2n) is 5.53. The number of sulfonamides is 1. The van der Waals surface area contributed by atoms with E-state index in [0.717, 1.165) is 0 Å². The number of carboxylic acid groups (broad SMARTS) is 1. The second-order valence-corrected chi connectivity index (χ2v) is 7.30. The van der Waals surface area contributed by atoms with Gasteiger partial charge in [0.25, 0.3) is 0 Å². The van der Waals surface area contributed by atoms with Crippen molar-refractivity contribution in [3.63, 3.8) is 0 Å². The standard InChI is InChI=1S/C16H24N2O5S/c1-3-16(4-2,15(20)21)12-17-14(19)10-11-18-24(22,23)13-8-6-5-7-9-13/h5-9,18H,3-4,10-12H2,1-2H3,(H,17,19)(H,20,21). The van der Waals surface area contributed by atoms with Crippen molar-refractivity contribution in [2.45, 2.75) is 38.0 Å². The molecule has 1 aromatic carbocycles. The summed E-state index contributed by atoms with van der Waals surface area (Å²) in [6, 6.07) is 7.87. The molecular weight excluding hydrogens is 332 g/mol. The Morgan fingerprint density at radius 2 is 1.71 bits per heavy atom. The lowest BCUT2D eigenvalue weighted by Crippen LogP contribution is -2.43. The molecule has 0 saturated heterocycles. The molecule has 0 fully saturated rings. The van der Waals surface area contributed by atoms with E-state index in [9.17, 15) is 23.1 Å². The zero-order valence-electron chi connectivity index (χ0n) is 13.9. The van der Waals surface area contributed by atoms with Gasteiger partial charge in [-0.05, 0) is 25.0 Å². The van der Waals surface area contributed by atoms with Gasteiger partial charge in [0.05, 0.1) is 10.3 Å². The summed E-state index contributed by atoms with van der Waals surface area (Å²) >= 11 is 0. The van der Waals surface area contributed by atoms with Gasteiger partial charge in [0.1, 0.15) is 0 Å². The molecule has 0 saturated carbocycles. The highest BCUT2D eigenvalue weighted by Gasteiger charge is 2.35. The Morgan fingerprint density at radius 3 is 2.21 bits per heavy atom. The number of hydrogen-bond donors (Lipinski definition) is 3. The Bertz CT molecular complexity index is 654. The van der Waals surface area contributed by atoms with E-state index in [0.29, 0.717) is 12.8 Å². The lowest BCUT2D eigenvalue weighted by atomic mass is 9.82. The maximum atomic E-state index is 12.0. The fraction of sp³-hybridized carbons (Fsp3) is 0.500. The van der Waals surface area contributed by atoms with Gasteiger partial charge in [-0.2, -0.15) is 0 Å². The average molecular weight is 356 g/mol. The van der Waals surface area contributed by atoms with E-state index in [4.69, 9.17) is 0 Å². The number of benzene rings is 1. The van der Waals surface area contributed by atoms with Crippen LogP contribution in [0, 0.1) is 5.41 Å². The normalized spacial score (nSPS) is 11.9. The molecule has 24 heavy (non-hydrogen) atoms. The van der Waals surface area contributed by atoms with Crippen LogP contribution in [0.25, 0.3) is 0 Å². The molecule has 8 heteroatoms. The van der Waals surface area contributed by atoms with Gasteiger partial charge >= 0.3 is 5.97 Å². The van der Waals surface area contributed by atoms with Crippen LogP contribution < -0.4 is 10.0 Å². The van der Waals surface area contributed by atoms with Crippen LogP contribution in [-0.4, -0.2) is 38.5 Å². The highest BCUT2D eigenvalue weighted by Crippen LogP contribution is 2.25. The summed E-state index contributed by atoms with van der Waals surface area (Å²) in [4.78, 5) is 23.3. The fourth-order valence-electron chi connectivity index (χ4n) is 2.22. The molecule has 0 aromatic heterocycles. The van der Waals surface area contributed by atoms with Crippen LogP contribution in [0.5, 0.6) is 0 Å². The summed E-state index contributed by atoms with van der Waals surface area (Å²) in [5.74, 6) is -1.34. The summed E-state index contributed by atoms with van der Waals surface area (Å²) in [6.07, 6.45) is 0.745. The average Bonchev–Trinajstić information content (AvgIpc) is 2.56. The number of hydrogen-bond acceptors (Lipinski definition) is 4. The second kappa shape index (κ2) is 8.79. The predicted octanol–water partition coefficient (Wildman–Crippen LogP) is 1.36. The summed E-state index contributed by atoms with van der Waals surface area (Å²) in [5, 5.41) is 11.9. The molecule has 1 aromatic rings. The maximum Gasteiger partial charge on any atom is 0.311 e. The molecule has 0 unspecified atom stereocenters. The molecule has 7 nitrogen and oxygen atoms in total. The van der Waals surface area contributed by atoms with Crippen molar-refractivity contribution >= 4 is 21.9 Å². The fourth-order valence-corrected chi connectivity index (χ4v) is 3.27. The molecule has 0 aliphatic heterocycles. The summed E-state index contributed by atoms with van der Waals surface area (Å²) in [5.41, 5.74) is -0.987. The van der Waals surface area contributed by atoms with E-state index in [-0.39, 0.29) is 24.4 Å². The first-order valence-corrected chi connectivity index (χ1v) is 9.30. The van der Waals surface area contributed by atoms with Crippen molar-refractivity contribution in [2.24, 2.45) is 5.41 Å². The highest BCUT2D eigenvalue weighted by molar-refractivity contribution is 7.89. The van der Waals surface area contributed by atoms with Crippen LogP contribution >= 0.6 is 0 Å². The summed E-state index contributed by atoms with van der Waals surface area (Å²) in [7, 11) is -3.65. The summed E-state index contributed by atoms with van der Waals surface area (Å²) in [6.45, 7) is 3.50. The molecule has 0 aliphatic rings. The Kier molecular flexibility index (Phi) is 7.37. The molecule has 1 rings (SSSR count). The third kappa shape index (κ3) is 5.31. The van der Waals surface area contributed by atoms with E-state index < -0.39 is 27.3 Å². The SMILES string of the molecule is CCC(CC)(CNC(=O)CCNS(=O)(=O)c1ccccc1)C(=O)O. The van der Waals surface area contributed by atoms with Gasteiger partial charge in [0, 0.05) is 19.5 Å². The topological polar surface area (TPSA) is 113 Å². The number of nitrogens with one attached hydrogen (secondary N) is 2. The van der Waals surface area contributed by atoms with Crippen LogP contribution in [0.3, 0.4) is 0 Å². The largest absolute Gasteiger partial charge is 0.481 e. The smallest absolute Gasteiger partial charge is 0.311 e. The van der Waals surface area contributed by atoms with Crippen LogP contribution in [0.4, 0.5) is 0 Å². The minimum Gasteiger partial charge on any atom is -0.481 e.